The van der Waals surface area contributed by atoms with Crippen LogP contribution in [0.3, 0.4) is 0 Å². The van der Waals surface area contributed by atoms with Gasteiger partial charge in [-0.05, 0) is 110 Å². The summed E-state index contributed by atoms with van der Waals surface area (Å²) in [7, 11) is 0. The summed E-state index contributed by atoms with van der Waals surface area (Å²) < 4.78 is 2.43. The molecule has 0 amide bonds. The summed E-state index contributed by atoms with van der Waals surface area (Å²) in [6.45, 7) is 0. The smallest absolute Gasteiger partial charge is 0.0541 e. The molecule has 11 aromatic rings. The summed E-state index contributed by atoms with van der Waals surface area (Å²) in [5.74, 6) is 0. The third-order valence-electron chi connectivity index (χ3n) is 11.8. The van der Waals surface area contributed by atoms with E-state index in [1.807, 2.05) is 0 Å². The van der Waals surface area contributed by atoms with Crippen molar-refractivity contribution < 1.29 is 0 Å². The quantitative estimate of drug-likeness (QED) is 0.150. The van der Waals surface area contributed by atoms with E-state index in [4.69, 9.17) is 0 Å². The van der Waals surface area contributed by atoms with Crippen LogP contribution in [0, 0.1) is 0 Å². The van der Waals surface area contributed by atoms with Crippen molar-refractivity contribution in [2.45, 2.75) is 0 Å². The molecule has 0 aliphatic carbocycles. The predicted molar refractivity (Wildman–Crippen MR) is 255 cm³/mol. The molecule has 0 unspecified atom stereocenters. The van der Waals surface area contributed by atoms with Gasteiger partial charge in [-0.25, -0.2) is 0 Å². The molecule has 0 saturated heterocycles. The highest BCUT2D eigenvalue weighted by atomic mass is 15.1. The molecule has 0 spiro atoms. The minimum Gasteiger partial charge on any atom is -0.310 e. The van der Waals surface area contributed by atoms with Crippen LogP contribution in [0.4, 0.5) is 17.1 Å². The van der Waals surface area contributed by atoms with Crippen molar-refractivity contribution in [2.24, 2.45) is 0 Å². The minimum atomic E-state index is 1.08. The van der Waals surface area contributed by atoms with E-state index in [9.17, 15) is 0 Å². The van der Waals surface area contributed by atoms with Crippen LogP contribution in [-0.2, 0) is 0 Å². The maximum Gasteiger partial charge on any atom is 0.0541 e. The van der Waals surface area contributed by atoms with Crippen LogP contribution in [0.1, 0.15) is 0 Å². The molecular weight excluding hydrogens is 725 g/mol. The Morgan fingerprint density at radius 2 is 0.767 bits per heavy atom. The third kappa shape index (κ3) is 6.32. The number of fused-ring (bicyclic) bond motifs is 4. The van der Waals surface area contributed by atoms with Gasteiger partial charge in [0.2, 0.25) is 0 Å². The zero-order valence-corrected chi connectivity index (χ0v) is 33.0. The first-order valence-corrected chi connectivity index (χ1v) is 20.6. The predicted octanol–water partition coefficient (Wildman–Crippen LogP) is 16.1. The highest BCUT2D eigenvalue weighted by Crippen LogP contribution is 2.44. The normalized spacial score (nSPS) is 11.3. The topological polar surface area (TPSA) is 8.17 Å². The number of anilines is 3. The molecule has 1 aromatic heterocycles. The summed E-state index contributed by atoms with van der Waals surface area (Å²) in [5.41, 5.74) is 16.3. The van der Waals surface area contributed by atoms with Crippen molar-refractivity contribution in [1.82, 2.24) is 4.57 Å². The van der Waals surface area contributed by atoms with Crippen LogP contribution in [0.5, 0.6) is 0 Å². The molecule has 60 heavy (non-hydrogen) atoms. The second-order valence-electron chi connectivity index (χ2n) is 15.3. The summed E-state index contributed by atoms with van der Waals surface area (Å²) in [6.07, 6.45) is 0. The van der Waals surface area contributed by atoms with Crippen molar-refractivity contribution in [1.29, 1.82) is 0 Å². The van der Waals surface area contributed by atoms with Gasteiger partial charge in [-0.3, -0.25) is 0 Å². The molecule has 0 aliphatic rings. The lowest BCUT2D eigenvalue weighted by Gasteiger charge is -2.27. The van der Waals surface area contributed by atoms with Crippen LogP contribution in [0.25, 0.3) is 82.8 Å². The molecule has 282 valence electrons. The van der Waals surface area contributed by atoms with Crippen molar-refractivity contribution in [2.75, 3.05) is 4.90 Å². The second kappa shape index (κ2) is 15.1. The van der Waals surface area contributed by atoms with E-state index in [2.05, 4.69) is 252 Å². The maximum absolute atomic E-state index is 2.43. The monoisotopic (exact) mass is 764 g/mol. The molecule has 11 rings (SSSR count). The van der Waals surface area contributed by atoms with Gasteiger partial charge in [0.1, 0.15) is 0 Å². The molecule has 2 heteroatoms. The first-order chi connectivity index (χ1) is 29.8. The lowest BCUT2D eigenvalue weighted by atomic mass is 9.91. The standard InChI is InChI=1S/C58H40N2/c1-3-15-41(16-4-1)43-27-30-45(31-28-43)55-40-50(37-38-51(55)52-21-9-12-24-56(52)60-57-25-13-10-22-53(57)54-23-11-14-26-58(54)60)59(48-19-5-2-6-20-48)49-35-33-44(34-36-49)47-32-29-42-17-7-8-18-46(42)39-47/h1-40H. The number of para-hydroxylation sites is 4. The van der Waals surface area contributed by atoms with Crippen LogP contribution < -0.4 is 4.90 Å². The summed E-state index contributed by atoms with van der Waals surface area (Å²) in [6, 6.07) is 87.9. The maximum atomic E-state index is 2.43. The number of rotatable bonds is 8. The lowest BCUT2D eigenvalue weighted by Crippen LogP contribution is -2.10. The largest absolute Gasteiger partial charge is 0.310 e. The average Bonchev–Trinajstić information content (AvgIpc) is 3.67. The fourth-order valence-corrected chi connectivity index (χ4v) is 8.89. The Morgan fingerprint density at radius 3 is 1.50 bits per heavy atom. The molecule has 1 heterocycles. The Balaban J connectivity index is 1.09. The molecule has 0 radical (unpaired) electrons. The highest BCUT2D eigenvalue weighted by molar-refractivity contribution is 6.10. The zero-order valence-electron chi connectivity index (χ0n) is 33.0. The molecule has 0 aliphatic heterocycles. The fraction of sp³-hybridized carbons (Fsp3) is 0. The van der Waals surface area contributed by atoms with Gasteiger partial charge in [-0.15, -0.1) is 0 Å². The molecule has 0 fully saturated rings. The van der Waals surface area contributed by atoms with E-state index in [-0.39, 0.29) is 0 Å². The van der Waals surface area contributed by atoms with Crippen molar-refractivity contribution in [3.63, 3.8) is 0 Å². The Labute approximate surface area is 350 Å². The fourth-order valence-electron chi connectivity index (χ4n) is 8.89. The van der Waals surface area contributed by atoms with E-state index in [0.717, 1.165) is 33.9 Å². The molecular formula is C58H40N2. The number of nitrogens with zero attached hydrogens (tertiary/aromatic N) is 2. The first-order valence-electron chi connectivity index (χ1n) is 20.6. The Bertz CT molecular complexity index is 3240. The van der Waals surface area contributed by atoms with Crippen LogP contribution in [-0.4, -0.2) is 4.57 Å². The van der Waals surface area contributed by atoms with E-state index in [1.54, 1.807) is 0 Å². The Kier molecular flexibility index (Phi) is 8.87. The average molecular weight is 765 g/mol. The SMILES string of the molecule is c1ccc(-c2ccc(-c3cc(N(c4ccccc4)c4ccc(-c5ccc6ccccc6c5)cc4)ccc3-c3ccccc3-n3c4ccccc4c4ccccc43)cc2)cc1. The van der Waals surface area contributed by atoms with Crippen molar-refractivity contribution in [3.05, 3.63) is 243 Å². The van der Waals surface area contributed by atoms with Gasteiger partial charge in [-0.1, -0.05) is 182 Å². The van der Waals surface area contributed by atoms with Gasteiger partial charge < -0.3 is 9.47 Å². The van der Waals surface area contributed by atoms with E-state index in [0.29, 0.717) is 0 Å². The molecule has 0 atom stereocenters. The Hall–Kier alpha value is -7.94. The van der Waals surface area contributed by atoms with Gasteiger partial charge in [0.15, 0.2) is 0 Å². The van der Waals surface area contributed by atoms with E-state index >= 15 is 0 Å². The molecule has 0 bridgehead atoms. The minimum absolute atomic E-state index is 1.08. The van der Waals surface area contributed by atoms with E-state index < -0.39 is 0 Å². The van der Waals surface area contributed by atoms with E-state index in [1.165, 1.54) is 66.0 Å². The van der Waals surface area contributed by atoms with Gasteiger partial charge in [0.05, 0.1) is 16.7 Å². The van der Waals surface area contributed by atoms with Gasteiger partial charge in [0, 0.05) is 33.4 Å². The highest BCUT2D eigenvalue weighted by Gasteiger charge is 2.20. The molecule has 0 N–H and O–H groups in total. The number of benzene rings is 10. The van der Waals surface area contributed by atoms with Crippen LogP contribution in [0.15, 0.2) is 243 Å². The number of aromatic nitrogens is 1. The van der Waals surface area contributed by atoms with Crippen molar-refractivity contribution >= 4 is 49.6 Å². The van der Waals surface area contributed by atoms with Gasteiger partial charge >= 0.3 is 0 Å². The van der Waals surface area contributed by atoms with Crippen molar-refractivity contribution in [3.8, 4) is 50.2 Å². The van der Waals surface area contributed by atoms with Crippen LogP contribution in [0.2, 0.25) is 0 Å². The molecule has 2 nitrogen and oxygen atoms in total. The lowest BCUT2D eigenvalue weighted by molar-refractivity contribution is 1.18. The summed E-state index contributed by atoms with van der Waals surface area (Å²) >= 11 is 0. The second-order valence-corrected chi connectivity index (χ2v) is 15.3. The molecule has 10 aromatic carbocycles. The Morgan fingerprint density at radius 1 is 0.267 bits per heavy atom. The van der Waals surface area contributed by atoms with Gasteiger partial charge in [0.25, 0.3) is 0 Å². The summed E-state index contributed by atoms with van der Waals surface area (Å²) in [4.78, 5) is 2.37. The molecule has 0 saturated carbocycles. The number of hydrogen-bond donors (Lipinski definition) is 0. The number of hydrogen-bond acceptors (Lipinski definition) is 1. The zero-order chi connectivity index (χ0) is 39.8. The van der Waals surface area contributed by atoms with Gasteiger partial charge in [-0.2, -0.15) is 0 Å². The summed E-state index contributed by atoms with van der Waals surface area (Å²) in [5, 5.41) is 4.99. The van der Waals surface area contributed by atoms with Crippen LogP contribution >= 0.6 is 0 Å². The first kappa shape index (κ1) is 35.2. The third-order valence-corrected chi connectivity index (χ3v) is 11.8.